The van der Waals surface area contributed by atoms with Crippen molar-refractivity contribution >= 4 is 5.91 Å². The Hall–Kier alpha value is -1.75. The van der Waals surface area contributed by atoms with Gasteiger partial charge in [0.1, 0.15) is 11.5 Å². The molecule has 5 nitrogen and oxygen atoms in total. The quantitative estimate of drug-likeness (QED) is 0.816. The van der Waals surface area contributed by atoms with Crippen LogP contribution in [0.5, 0.6) is 11.5 Å². The highest BCUT2D eigenvalue weighted by Crippen LogP contribution is 2.25. The van der Waals surface area contributed by atoms with Gasteiger partial charge in [-0.25, -0.2) is 0 Å². The third kappa shape index (κ3) is 3.63. The Morgan fingerprint density at radius 1 is 1.33 bits per heavy atom. The van der Waals surface area contributed by atoms with E-state index in [0.29, 0.717) is 13.1 Å². The summed E-state index contributed by atoms with van der Waals surface area (Å²) in [6.07, 6.45) is 0. The second-order valence-corrected chi connectivity index (χ2v) is 3.96. The van der Waals surface area contributed by atoms with E-state index in [-0.39, 0.29) is 5.91 Å². The van der Waals surface area contributed by atoms with E-state index in [4.69, 9.17) is 9.47 Å². The minimum atomic E-state index is 0.0374. The van der Waals surface area contributed by atoms with Crippen molar-refractivity contribution in [2.75, 3.05) is 34.9 Å². The van der Waals surface area contributed by atoms with E-state index in [1.165, 1.54) is 0 Å². The zero-order valence-corrected chi connectivity index (χ0v) is 11.3. The number of likely N-dealkylation sites (N-methyl/N-ethyl adjacent to an activating group) is 2. The lowest BCUT2D eigenvalue weighted by Crippen LogP contribution is -2.33. The van der Waals surface area contributed by atoms with Crippen LogP contribution in [-0.2, 0) is 11.3 Å². The molecule has 0 bridgehead atoms. The molecule has 1 aromatic rings. The number of nitrogens with one attached hydrogen (secondary N) is 1. The third-order valence-corrected chi connectivity index (χ3v) is 2.66. The van der Waals surface area contributed by atoms with Gasteiger partial charge in [-0.15, -0.1) is 0 Å². The van der Waals surface area contributed by atoms with E-state index < -0.39 is 0 Å². The number of hydrogen-bond donors (Lipinski definition) is 1. The number of methoxy groups -OCH3 is 2. The van der Waals surface area contributed by atoms with Crippen LogP contribution in [0.3, 0.4) is 0 Å². The average molecular weight is 252 g/mol. The molecule has 0 aliphatic carbocycles. The van der Waals surface area contributed by atoms with Crippen LogP contribution in [0.2, 0.25) is 0 Å². The molecular formula is C13H20N2O3. The van der Waals surface area contributed by atoms with Gasteiger partial charge >= 0.3 is 0 Å². The van der Waals surface area contributed by atoms with Crippen LogP contribution in [-0.4, -0.2) is 45.7 Å². The largest absolute Gasteiger partial charge is 0.497 e. The van der Waals surface area contributed by atoms with E-state index >= 15 is 0 Å². The summed E-state index contributed by atoms with van der Waals surface area (Å²) in [4.78, 5) is 13.3. The van der Waals surface area contributed by atoms with Crippen molar-refractivity contribution in [3.8, 4) is 11.5 Å². The van der Waals surface area contributed by atoms with Gasteiger partial charge in [0.05, 0.1) is 20.8 Å². The normalized spacial score (nSPS) is 10.0. The fourth-order valence-corrected chi connectivity index (χ4v) is 1.61. The zero-order valence-electron chi connectivity index (χ0n) is 11.3. The highest BCUT2D eigenvalue weighted by atomic mass is 16.5. The molecule has 0 aromatic heterocycles. The predicted octanol–water partition coefficient (Wildman–Crippen LogP) is 0.882. The van der Waals surface area contributed by atoms with Gasteiger partial charge in [-0.1, -0.05) is 0 Å². The summed E-state index contributed by atoms with van der Waals surface area (Å²) in [5, 5.41) is 2.84. The summed E-state index contributed by atoms with van der Waals surface area (Å²) in [7, 11) is 6.73. The van der Waals surface area contributed by atoms with Gasteiger partial charge in [-0.2, -0.15) is 0 Å². The number of benzene rings is 1. The Balaban J connectivity index is 2.80. The molecule has 100 valence electrons. The lowest BCUT2D eigenvalue weighted by Gasteiger charge is -2.19. The summed E-state index contributed by atoms with van der Waals surface area (Å²) >= 11 is 0. The van der Waals surface area contributed by atoms with Gasteiger partial charge in [0.25, 0.3) is 0 Å². The number of rotatable bonds is 6. The van der Waals surface area contributed by atoms with Crippen LogP contribution in [0.1, 0.15) is 5.56 Å². The van der Waals surface area contributed by atoms with Gasteiger partial charge in [0.15, 0.2) is 0 Å². The molecule has 1 aromatic carbocycles. The molecule has 0 atom stereocenters. The molecule has 1 N–H and O–H groups in total. The van der Waals surface area contributed by atoms with Crippen molar-refractivity contribution < 1.29 is 14.3 Å². The highest BCUT2D eigenvalue weighted by molar-refractivity contribution is 5.78. The maximum absolute atomic E-state index is 11.7. The number of nitrogens with zero attached hydrogens (tertiary/aromatic N) is 1. The highest BCUT2D eigenvalue weighted by Gasteiger charge is 2.11. The topological polar surface area (TPSA) is 50.8 Å². The first-order chi connectivity index (χ1) is 8.62. The Labute approximate surface area is 108 Å². The third-order valence-electron chi connectivity index (χ3n) is 2.66. The van der Waals surface area contributed by atoms with Crippen LogP contribution in [0.25, 0.3) is 0 Å². The number of carbonyl (C=O) groups excluding carboxylic acids is 1. The van der Waals surface area contributed by atoms with Gasteiger partial charge in [-0.3, -0.25) is 4.79 Å². The Bertz CT molecular complexity index is 407. The van der Waals surface area contributed by atoms with Gasteiger partial charge in [-0.05, 0) is 19.2 Å². The molecule has 0 heterocycles. The minimum Gasteiger partial charge on any atom is -0.497 e. The van der Waals surface area contributed by atoms with Gasteiger partial charge in [0.2, 0.25) is 5.91 Å². The van der Waals surface area contributed by atoms with Crippen molar-refractivity contribution in [2.24, 2.45) is 0 Å². The van der Waals surface area contributed by atoms with Crippen LogP contribution in [0, 0.1) is 0 Å². The van der Waals surface area contributed by atoms with E-state index in [0.717, 1.165) is 17.1 Å². The van der Waals surface area contributed by atoms with Crippen LogP contribution >= 0.6 is 0 Å². The fourth-order valence-electron chi connectivity index (χ4n) is 1.61. The molecule has 0 fully saturated rings. The minimum absolute atomic E-state index is 0.0374. The van der Waals surface area contributed by atoms with Crippen LogP contribution in [0.15, 0.2) is 18.2 Å². The number of amides is 1. The van der Waals surface area contributed by atoms with E-state index in [2.05, 4.69) is 5.32 Å². The SMILES string of the molecule is CNCC(=O)N(C)Cc1ccc(OC)cc1OC. The summed E-state index contributed by atoms with van der Waals surface area (Å²) in [5.74, 6) is 1.49. The van der Waals surface area contributed by atoms with Crippen molar-refractivity contribution in [3.05, 3.63) is 23.8 Å². The standard InChI is InChI=1S/C13H20N2O3/c1-14-8-13(16)15(2)9-10-5-6-11(17-3)7-12(10)18-4/h5-7,14H,8-9H2,1-4H3. The van der Waals surface area contributed by atoms with Gasteiger partial charge < -0.3 is 19.7 Å². The molecule has 0 unspecified atom stereocenters. The van der Waals surface area contributed by atoms with Crippen molar-refractivity contribution in [1.82, 2.24) is 10.2 Å². The van der Waals surface area contributed by atoms with Crippen LogP contribution in [0.4, 0.5) is 0 Å². The second kappa shape index (κ2) is 6.86. The predicted molar refractivity (Wildman–Crippen MR) is 69.9 cm³/mol. The second-order valence-electron chi connectivity index (χ2n) is 3.96. The van der Waals surface area contributed by atoms with E-state index in [1.54, 1.807) is 33.2 Å². The molecule has 0 aliphatic rings. The maximum Gasteiger partial charge on any atom is 0.236 e. The Morgan fingerprint density at radius 3 is 2.61 bits per heavy atom. The summed E-state index contributed by atoms with van der Waals surface area (Å²) in [6.45, 7) is 0.836. The maximum atomic E-state index is 11.7. The average Bonchev–Trinajstić information content (AvgIpc) is 2.39. The Morgan fingerprint density at radius 2 is 2.06 bits per heavy atom. The van der Waals surface area contributed by atoms with Crippen molar-refractivity contribution in [2.45, 2.75) is 6.54 Å². The molecule has 0 aliphatic heterocycles. The van der Waals surface area contributed by atoms with E-state index in [9.17, 15) is 4.79 Å². The number of carbonyl (C=O) groups is 1. The molecule has 1 amide bonds. The van der Waals surface area contributed by atoms with Crippen LogP contribution < -0.4 is 14.8 Å². The smallest absolute Gasteiger partial charge is 0.236 e. The molecule has 0 saturated carbocycles. The molecule has 0 spiro atoms. The molecule has 0 radical (unpaired) electrons. The lowest BCUT2D eigenvalue weighted by atomic mass is 10.2. The molecule has 0 saturated heterocycles. The number of ether oxygens (including phenoxy) is 2. The number of hydrogen-bond acceptors (Lipinski definition) is 4. The summed E-state index contributed by atoms with van der Waals surface area (Å²) < 4.78 is 10.4. The Kier molecular flexibility index (Phi) is 5.45. The molecule has 5 heteroatoms. The summed E-state index contributed by atoms with van der Waals surface area (Å²) in [5.41, 5.74) is 0.949. The lowest BCUT2D eigenvalue weighted by molar-refractivity contribution is -0.129. The zero-order chi connectivity index (χ0) is 13.5. The van der Waals surface area contributed by atoms with Crippen molar-refractivity contribution in [1.29, 1.82) is 0 Å². The first-order valence-corrected chi connectivity index (χ1v) is 5.71. The van der Waals surface area contributed by atoms with E-state index in [1.807, 2.05) is 18.2 Å². The molecule has 18 heavy (non-hydrogen) atoms. The van der Waals surface area contributed by atoms with Gasteiger partial charge in [0, 0.05) is 25.2 Å². The first-order valence-electron chi connectivity index (χ1n) is 5.71. The fraction of sp³-hybridized carbons (Fsp3) is 0.462. The summed E-state index contributed by atoms with van der Waals surface area (Å²) in [6, 6.07) is 5.57. The molecular weight excluding hydrogens is 232 g/mol. The first kappa shape index (κ1) is 14.3. The monoisotopic (exact) mass is 252 g/mol. The van der Waals surface area contributed by atoms with Crippen molar-refractivity contribution in [3.63, 3.8) is 0 Å². The molecule has 1 rings (SSSR count).